The summed E-state index contributed by atoms with van der Waals surface area (Å²) in [5.74, 6) is -1.24. The highest BCUT2D eigenvalue weighted by Gasteiger charge is 2.12. The predicted molar refractivity (Wildman–Crippen MR) is 86.5 cm³/mol. The lowest BCUT2D eigenvalue weighted by Gasteiger charge is -2.04. The van der Waals surface area contributed by atoms with E-state index in [9.17, 15) is 4.79 Å². The number of rotatable bonds is 4. The van der Waals surface area contributed by atoms with Crippen molar-refractivity contribution in [1.29, 1.82) is 5.26 Å². The van der Waals surface area contributed by atoms with Gasteiger partial charge in [0.05, 0.1) is 0 Å². The number of aromatic nitrogens is 2. The van der Waals surface area contributed by atoms with E-state index in [1.54, 1.807) is 18.3 Å². The maximum absolute atomic E-state index is 11.1. The number of benzene rings is 1. The summed E-state index contributed by atoms with van der Waals surface area (Å²) in [4.78, 5) is 15.4. The van der Waals surface area contributed by atoms with Crippen molar-refractivity contribution in [3.8, 4) is 6.07 Å². The van der Waals surface area contributed by atoms with Crippen molar-refractivity contribution >= 4 is 23.1 Å². The summed E-state index contributed by atoms with van der Waals surface area (Å²) in [6, 6.07) is 15.3. The molecule has 0 unspecified atom stereocenters. The molecule has 1 N–H and O–H groups in total. The summed E-state index contributed by atoms with van der Waals surface area (Å²) >= 11 is 0. The Morgan fingerprint density at radius 3 is 2.74 bits per heavy atom. The van der Waals surface area contributed by atoms with Crippen molar-refractivity contribution in [3.05, 3.63) is 71.6 Å². The van der Waals surface area contributed by atoms with Gasteiger partial charge in [-0.05, 0) is 23.8 Å². The van der Waals surface area contributed by atoms with Gasteiger partial charge in [-0.2, -0.15) is 5.26 Å². The molecule has 0 aliphatic carbocycles. The van der Waals surface area contributed by atoms with Gasteiger partial charge in [-0.25, -0.2) is 9.78 Å². The molecule has 0 fully saturated rings. The van der Waals surface area contributed by atoms with E-state index in [1.807, 2.05) is 47.2 Å². The van der Waals surface area contributed by atoms with Crippen LogP contribution in [0.2, 0.25) is 0 Å². The van der Waals surface area contributed by atoms with Gasteiger partial charge in [0.2, 0.25) is 0 Å². The van der Waals surface area contributed by atoms with Crippen LogP contribution in [0.25, 0.3) is 17.1 Å². The average Bonchev–Trinajstić information content (AvgIpc) is 2.91. The van der Waals surface area contributed by atoms with Crippen molar-refractivity contribution in [1.82, 2.24) is 9.55 Å². The van der Waals surface area contributed by atoms with Crippen LogP contribution < -0.4 is 0 Å². The third kappa shape index (κ3) is 2.97. The number of aliphatic carboxylic acids is 1. The third-order valence-corrected chi connectivity index (χ3v) is 3.51. The molecule has 0 radical (unpaired) electrons. The molecule has 23 heavy (non-hydrogen) atoms. The Morgan fingerprint density at radius 1 is 1.26 bits per heavy atom. The Hall–Kier alpha value is -3.39. The van der Waals surface area contributed by atoms with Crippen LogP contribution in [0.5, 0.6) is 0 Å². The number of pyridine rings is 1. The van der Waals surface area contributed by atoms with E-state index in [0.29, 0.717) is 12.1 Å². The maximum Gasteiger partial charge on any atom is 0.346 e. The van der Waals surface area contributed by atoms with Crippen LogP contribution in [0.3, 0.4) is 0 Å². The van der Waals surface area contributed by atoms with Crippen LogP contribution in [-0.4, -0.2) is 20.6 Å². The van der Waals surface area contributed by atoms with E-state index in [-0.39, 0.29) is 5.57 Å². The summed E-state index contributed by atoms with van der Waals surface area (Å²) in [6.45, 7) is 0.622. The molecule has 0 aliphatic rings. The van der Waals surface area contributed by atoms with Crippen LogP contribution >= 0.6 is 0 Å². The summed E-state index contributed by atoms with van der Waals surface area (Å²) in [5, 5.41) is 18.8. The number of nitriles is 1. The highest BCUT2D eigenvalue weighted by Crippen LogP contribution is 2.23. The topological polar surface area (TPSA) is 78.9 Å². The zero-order valence-corrected chi connectivity index (χ0v) is 12.2. The summed E-state index contributed by atoms with van der Waals surface area (Å²) in [6.07, 6.45) is 4.90. The lowest BCUT2D eigenvalue weighted by Crippen LogP contribution is -1.98. The number of hydrogen-bond donors (Lipinski definition) is 1. The minimum atomic E-state index is -1.24. The monoisotopic (exact) mass is 303 g/mol. The SMILES string of the molecule is N#C/C(=C\c1cn(Cc2ccccc2)c2ncccc12)C(=O)O. The zero-order valence-electron chi connectivity index (χ0n) is 12.2. The molecule has 5 heteroatoms. The molecular weight excluding hydrogens is 290 g/mol. The summed E-state index contributed by atoms with van der Waals surface area (Å²) < 4.78 is 1.95. The average molecular weight is 303 g/mol. The largest absolute Gasteiger partial charge is 0.477 e. The number of fused-ring (bicyclic) bond motifs is 1. The summed E-state index contributed by atoms with van der Waals surface area (Å²) in [7, 11) is 0. The van der Waals surface area contributed by atoms with Gasteiger partial charge in [0.15, 0.2) is 0 Å². The molecule has 0 atom stereocenters. The second-order valence-electron chi connectivity index (χ2n) is 5.05. The van der Waals surface area contributed by atoms with Gasteiger partial charge in [-0.15, -0.1) is 0 Å². The quantitative estimate of drug-likeness (QED) is 0.593. The molecule has 2 heterocycles. The molecular formula is C18H13N3O2. The third-order valence-electron chi connectivity index (χ3n) is 3.51. The smallest absolute Gasteiger partial charge is 0.346 e. The molecule has 5 nitrogen and oxygen atoms in total. The number of carboxylic acids is 1. The molecule has 0 saturated carbocycles. The van der Waals surface area contributed by atoms with Crippen LogP contribution in [-0.2, 0) is 11.3 Å². The molecule has 1 aromatic carbocycles. The van der Waals surface area contributed by atoms with Crippen molar-refractivity contribution in [3.63, 3.8) is 0 Å². The van der Waals surface area contributed by atoms with Gasteiger partial charge in [0, 0.05) is 29.9 Å². The van der Waals surface area contributed by atoms with E-state index in [0.717, 1.165) is 16.6 Å². The van der Waals surface area contributed by atoms with Crippen molar-refractivity contribution in [2.75, 3.05) is 0 Å². The van der Waals surface area contributed by atoms with Gasteiger partial charge in [-0.3, -0.25) is 0 Å². The van der Waals surface area contributed by atoms with Crippen molar-refractivity contribution < 1.29 is 9.90 Å². The predicted octanol–water partition coefficient (Wildman–Crippen LogP) is 3.08. The summed E-state index contributed by atoms with van der Waals surface area (Å²) in [5.41, 5.74) is 2.24. The number of carboxylic acid groups (broad SMARTS) is 1. The van der Waals surface area contributed by atoms with Gasteiger partial charge in [0.1, 0.15) is 17.3 Å². The van der Waals surface area contributed by atoms with Crippen LogP contribution in [0.15, 0.2) is 60.4 Å². The molecule has 3 aromatic rings. The molecule has 0 aliphatic heterocycles. The highest BCUT2D eigenvalue weighted by molar-refractivity contribution is 5.99. The van der Waals surface area contributed by atoms with Gasteiger partial charge < -0.3 is 9.67 Å². The molecule has 0 saturated heterocycles. The molecule has 0 spiro atoms. The van der Waals surface area contributed by atoms with Crippen molar-refractivity contribution in [2.24, 2.45) is 0 Å². The molecule has 0 bridgehead atoms. The first-order chi connectivity index (χ1) is 11.2. The lowest BCUT2D eigenvalue weighted by atomic mass is 10.1. The molecule has 112 valence electrons. The first-order valence-corrected chi connectivity index (χ1v) is 7.02. The van der Waals surface area contributed by atoms with Gasteiger partial charge in [-0.1, -0.05) is 30.3 Å². The van der Waals surface area contributed by atoms with E-state index >= 15 is 0 Å². The fourth-order valence-electron chi connectivity index (χ4n) is 2.46. The number of hydrogen-bond acceptors (Lipinski definition) is 3. The standard InChI is InChI=1S/C18H13N3O2/c19-10-14(18(22)23)9-15-12-21(11-13-5-2-1-3-6-13)17-16(15)7-4-8-20-17/h1-9,12H,11H2,(H,22,23)/b14-9+. The second-order valence-corrected chi connectivity index (χ2v) is 5.05. The minimum Gasteiger partial charge on any atom is -0.477 e. The molecule has 2 aromatic heterocycles. The molecule has 0 amide bonds. The van der Waals surface area contributed by atoms with Gasteiger partial charge in [0.25, 0.3) is 0 Å². The van der Waals surface area contributed by atoms with Crippen LogP contribution in [0.4, 0.5) is 0 Å². The van der Waals surface area contributed by atoms with Crippen LogP contribution in [0.1, 0.15) is 11.1 Å². The fourth-order valence-corrected chi connectivity index (χ4v) is 2.46. The Balaban J connectivity index is 2.11. The fraction of sp³-hybridized carbons (Fsp3) is 0.0556. The Morgan fingerprint density at radius 2 is 2.04 bits per heavy atom. The van der Waals surface area contributed by atoms with E-state index in [1.165, 1.54) is 6.08 Å². The Kier molecular flexibility index (Phi) is 3.89. The van der Waals surface area contributed by atoms with E-state index in [2.05, 4.69) is 4.98 Å². The number of nitrogens with zero attached hydrogens (tertiary/aromatic N) is 3. The Bertz CT molecular complexity index is 934. The van der Waals surface area contributed by atoms with Gasteiger partial charge >= 0.3 is 5.97 Å². The second kappa shape index (κ2) is 6.16. The van der Waals surface area contributed by atoms with Crippen LogP contribution in [0, 0.1) is 11.3 Å². The normalized spacial score (nSPS) is 11.3. The Labute approximate surface area is 132 Å². The molecule has 3 rings (SSSR count). The van der Waals surface area contributed by atoms with E-state index < -0.39 is 5.97 Å². The minimum absolute atomic E-state index is 0.299. The zero-order chi connectivity index (χ0) is 16.2. The first-order valence-electron chi connectivity index (χ1n) is 7.02. The number of carbonyl (C=O) groups is 1. The maximum atomic E-state index is 11.1. The van der Waals surface area contributed by atoms with Crippen molar-refractivity contribution in [2.45, 2.75) is 6.54 Å². The first kappa shape index (κ1) is 14.5. The van der Waals surface area contributed by atoms with E-state index in [4.69, 9.17) is 10.4 Å². The highest BCUT2D eigenvalue weighted by atomic mass is 16.4. The lowest BCUT2D eigenvalue weighted by molar-refractivity contribution is -0.132.